The topological polar surface area (TPSA) is 52.4 Å². The van der Waals surface area contributed by atoms with Crippen molar-refractivity contribution in [3.8, 4) is 11.5 Å². The first-order chi connectivity index (χ1) is 9.52. The predicted octanol–water partition coefficient (Wildman–Crippen LogP) is 5.09. The molecule has 0 aromatic heterocycles. The highest BCUT2D eigenvalue weighted by Gasteiger charge is 2.19. The van der Waals surface area contributed by atoms with Crippen molar-refractivity contribution in [3.63, 3.8) is 0 Å². The van der Waals surface area contributed by atoms with Gasteiger partial charge in [-0.2, -0.15) is 0 Å². The maximum atomic E-state index is 11.1. The molecule has 0 atom stereocenters. The Kier molecular flexibility index (Phi) is 4.47. The monoisotopic (exact) mass is 311 g/mol. The number of alkyl halides is 1. The van der Waals surface area contributed by atoms with Crippen LogP contribution >= 0.6 is 23.2 Å². The smallest absolute Gasteiger partial charge is 0.314 e. The van der Waals surface area contributed by atoms with Crippen LogP contribution in [0.5, 0.6) is 11.5 Å². The van der Waals surface area contributed by atoms with Gasteiger partial charge in [-0.15, -0.1) is 11.6 Å². The maximum Gasteiger partial charge on any atom is 0.314 e. The van der Waals surface area contributed by atoms with Crippen LogP contribution in [0.25, 0.3) is 0 Å². The summed E-state index contributed by atoms with van der Waals surface area (Å²) < 4.78 is 5.57. The number of nitro groups is 1. The molecule has 2 aromatic rings. The van der Waals surface area contributed by atoms with Gasteiger partial charge in [0.1, 0.15) is 5.75 Å². The van der Waals surface area contributed by atoms with Crippen molar-refractivity contribution in [1.82, 2.24) is 0 Å². The van der Waals surface area contributed by atoms with Crippen molar-refractivity contribution >= 4 is 28.9 Å². The van der Waals surface area contributed by atoms with Crippen molar-refractivity contribution in [1.29, 1.82) is 0 Å². The minimum Gasteiger partial charge on any atom is -0.449 e. The summed E-state index contributed by atoms with van der Waals surface area (Å²) in [6, 6.07) is 9.96. The molecular weight excluding hydrogens is 301 g/mol. The Morgan fingerprint density at radius 3 is 2.60 bits per heavy atom. The molecule has 6 heteroatoms. The average Bonchev–Trinajstić information content (AvgIpc) is 2.40. The van der Waals surface area contributed by atoms with Gasteiger partial charge in [-0.1, -0.05) is 29.8 Å². The number of nitrogens with zero attached hydrogens (tertiary/aromatic N) is 1. The van der Waals surface area contributed by atoms with Crippen LogP contribution in [0.4, 0.5) is 5.69 Å². The van der Waals surface area contributed by atoms with Crippen LogP contribution in [0.15, 0.2) is 36.4 Å². The largest absolute Gasteiger partial charge is 0.449 e. The summed E-state index contributed by atoms with van der Waals surface area (Å²) in [5.41, 5.74) is 1.31. The zero-order chi connectivity index (χ0) is 14.7. The maximum absolute atomic E-state index is 11.1. The Labute approximate surface area is 126 Å². The Hall–Kier alpha value is -1.78. The van der Waals surface area contributed by atoms with E-state index in [0.29, 0.717) is 22.2 Å². The summed E-state index contributed by atoms with van der Waals surface area (Å²) in [6.07, 6.45) is 0. The Morgan fingerprint density at radius 1 is 1.25 bits per heavy atom. The van der Waals surface area contributed by atoms with Gasteiger partial charge in [0.2, 0.25) is 5.75 Å². The fraction of sp³-hybridized carbons (Fsp3) is 0.143. The molecule has 2 rings (SSSR count). The van der Waals surface area contributed by atoms with E-state index in [9.17, 15) is 10.1 Å². The summed E-state index contributed by atoms with van der Waals surface area (Å²) in [7, 11) is 0. The van der Waals surface area contributed by atoms with Crippen molar-refractivity contribution in [2.45, 2.75) is 12.8 Å². The number of para-hydroxylation sites is 1. The molecule has 0 amide bonds. The van der Waals surface area contributed by atoms with Gasteiger partial charge in [0.25, 0.3) is 0 Å². The summed E-state index contributed by atoms with van der Waals surface area (Å²) in [5, 5.41) is 11.5. The summed E-state index contributed by atoms with van der Waals surface area (Å²) in [5.74, 6) is 0.856. The predicted molar refractivity (Wildman–Crippen MR) is 78.9 cm³/mol. The molecule has 0 aliphatic rings. The zero-order valence-corrected chi connectivity index (χ0v) is 12.1. The van der Waals surface area contributed by atoms with Gasteiger partial charge >= 0.3 is 5.69 Å². The number of hydrogen-bond acceptors (Lipinski definition) is 3. The van der Waals surface area contributed by atoms with Gasteiger partial charge in [-0.3, -0.25) is 10.1 Å². The fourth-order valence-electron chi connectivity index (χ4n) is 1.78. The van der Waals surface area contributed by atoms with Crippen molar-refractivity contribution < 1.29 is 9.66 Å². The molecule has 104 valence electrons. The second-order valence-electron chi connectivity index (χ2n) is 4.18. The number of nitro benzene ring substituents is 1. The normalized spacial score (nSPS) is 10.3. The van der Waals surface area contributed by atoms with E-state index >= 15 is 0 Å². The Morgan fingerprint density at radius 2 is 2.00 bits per heavy atom. The molecule has 4 nitrogen and oxygen atoms in total. The molecular formula is C14H11Cl2NO3. The molecule has 0 N–H and O–H groups in total. The van der Waals surface area contributed by atoms with Crippen molar-refractivity contribution in [2.75, 3.05) is 0 Å². The van der Waals surface area contributed by atoms with Gasteiger partial charge in [0.15, 0.2) is 0 Å². The van der Waals surface area contributed by atoms with Crippen LogP contribution in [0, 0.1) is 17.0 Å². The van der Waals surface area contributed by atoms with Gasteiger partial charge < -0.3 is 4.74 Å². The molecule has 0 aliphatic heterocycles. The van der Waals surface area contributed by atoms with E-state index in [-0.39, 0.29) is 11.4 Å². The minimum absolute atomic E-state index is 0.0648. The molecule has 0 bridgehead atoms. The zero-order valence-electron chi connectivity index (χ0n) is 10.6. The number of ether oxygens (including phenoxy) is 1. The van der Waals surface area contributed by atoms with Crippen LogP contribution in [0.1, 0.15) is 11.1 Å². The molecule has 20 heavy (non-hydrogen) atoms. The first kappa shape index (κ1) is 14.6. The third-order valence-corrected chi connectivity index (χ3v) is 3.36. The molecule has 0 saturated heterocycles. The van der Waals surface area contributed by atoms with Crippen LogP contribution < -0.4 is 4.74 Å². The summed E-state index contributed by atoms with van der Waals surface area (Å²) >= 11 is 11.8. The van der Waals surface area contributed by atoms with Crippen LogP contribution in [-0.2, 0) is 5.88 Å². The quantitative estimate of drug-likeness (QED) is 0.449. The van der Waals surface area contributed by atoms with E-state index in [0.717, 1.165) is 5.56 Å². The second kappa shape index (κ2) is 6.11. The van der Waals surface area contributed by atoms with Crippen molar-refractivity contribution in [2.24, 2.45) is 0 Å². The van der Waals surface area contributed by atoms with E-state index in [4.69, 9.17) is 27.9 Å². The summed E-state index contributed by atoms with van der Waals surface area (Å²) in [6.45, 7) is 1.66. The third kappa shape index (κ3) is 3.03. The molecule has 0 spiro atoms. The lowest BCUT2D eigenvalue weighted by Gasteiger charge is -2.09. The number of aryl methyl sites for hydroxylation is 1. The highest BCUT2D eigenvalue weighted by atomic mass is 35.5. The SMILES string of the molecule is Cc1cccc(Oc2ccc(CCl)cc2Cl)c1[N+](=O)[O-]. The first-order valence-corrected chi connectivity index (χ1v) is 6.70. The Bertz CT molecular complexity index is 659. The molecule has 0 unspecified atom stereocenters. The minimum atomic E-state index is -0.467. The van der Waals surface area contributed by atoms with Crippen LogP contribution in [-0.4, -0.2) is 4.92 Å². The van der Waals surface area contributed by atoms with E-state index in [2.05, 4.69) is 0 Å². The van der Waals surface area contributed by atoms with Gasteiger partial charge in [-0.05, 0) is 30.7 Å². The molecule has 0 saturated carbocycles. The molecule has 2 aromatic carbocycles. The van der Waals surface area contributed by atoms with E-state index in [1.165, 1.54) is 6.07 Å². The van der Waals surface area contributed by atoms with E-state index in [1.54, 1.807) is 37.3 Å². The van der Waals surface area contributed by atoms with Gasteiger partial charge in [0, 0.05) is 11.4 Å². The van der Waals surface area contributed by atoms with E-state index in [1.807, 2.05) is 0 Å². The van der Waals surface area contributed by atoms with Gasteiger partial charge in [-0.25, -0.2) is 0 Å². The third-order valence-electron chi connectivity index (χ3n) is 2.75. The highest BCUT2D eigenvalue weighted by molar-refractivity contribution is 6.32. The number of rotatable bonds is 4. The summed E-state index contributed by atoms with van der Waals surface area (Å²) in [4.78, 5) is 10.6. The fourth-order valence-corrected chi connectivity index (χ4v) is 2.19. The molecule has 0 heterocycles. The standard InChI is InChI=1S/C14H11Cl2NO3/c1-9-3-2-4-13(14(9)17(18)19)20-12-6-5-10(8-15)7-11(12)16/h2-7H,8H2,1H3. The highest BCUT2D eigenvalue weighted by Crippen LogP contribution is 2.37. The lowest BCUT2D eigenvalue weighted by Crippen LogP contribution is -1.96. The van der Waals surface area contributed by atoms with E-state index < -0.39 is 4.92 Å². The average molecular weight is 312 g/mol. The Balaban J connectivity index is 2.40. The molecule has 0 radical (unpaired) electrons. The molecule has 0 fully saturated rings. The van der Waals surface area contributed by atoms with Crippen molar-refractivity contribution in [3.05, 3.63) is 62.7 Å². The number of hydrogen-bond donors (Lipinski definition) is 0. The lowest BCUT2D eigenvalue weighted by atomic mass is 10.2. The molecule has 0 aliphatic carbocycles. The second-order valence-corrected chi connectivity index (χ2v) is 4.85. The lowest BCUT2D eigenvalue weighted by molar-refractivity contribution is -0.386. The van der Waals surface area contributed by atoms with Crippen LogP contribution in [0.2, 0.25) is 5.02 Å². The van der Waals surface area contributed by atoms with Gasteiger partial charge in [0.05, 0.1) is 9.95 Å². The van der Waals surface area contributed by atoms with Crippen LogP contribution in [0.3, 0.4) is 0 Å². The number of benzene rings is 2. The number of halogens is 2. The first-order valence-electron chi connectivity index (χ1n) is 5.79.